The Balaban J connectivity index is 1.55. The van der Waals surface area contributed by atoms with E-state index in [2.05, 4.69) is 60.0 Å². The predicted molar refractivity (Wildman–Crippen MR) is 103 cm³/mol. The van der Waals surface area contributed by atoms with E-state index >= 15 is 0 Å². The third kappa shape index (κ3) is 3.21. The molecule has 0 bridgehead atoms. The highest BCUT2D eigenvalue weighted by Gasteiger charge is 2.16. The summed E-state index contributed by atoms with van der Waals surface area (Å²) < 4.78 is 3.11. The minimum atomic E-state index is 0.143. The normalized spacial score (nSPS) is 13.8. The Morgan fingerprint density at radius 1 is 1.00 bits per heavy atom. The lowest BCUT2D eigenvalue weighted by atomic mass is 10.1. The van der Waals surface area contributed by atoms with Crippen LogP contribution in [0.25, 0.3) is 15.9 Å². The molecule has 126 valence electrons. The van der Waals surface area contributed by atoms with Crippen LogP contribution in [0.3, 0.4) is 0 Å². The largest absolute Gasteiger partial charge is 0.302 e. The van der Waals surface area contributed by atoms with E-state index in [-0.39, 0.29) is 12.1 Å². The number of benzene rings is 1. The summed E-state index contributed by atoms with van der Waals surface area (Å²) in [5.41, 5.74) is 2.36. The molecule has 1 N–H and O–H groups in total. The summed E-state index contributed by atoms with van der Waals surface area (Å²) in [5, 5.41) is 11.5. The lowest BCUT2D eigenvalue weighted by molar-refractivity contribution is 0.488. The molecule has 0 fully saturated rings. The van der Waals surface area contributed by atoms with Crippen LogP contribution in [0.2, 0.25) is 0 Å². The summed E-state index contributed by atoms with van der Waals surface area (Å²) in [4.78, 5) is 4.75. The predicted octanol–water partition coefficient (Wildman–Crippen LogP) is 4.89. The van der Waals surface area contributed by atoms with Gasteiger partial charge in [-0.15, -0.1) is 11.3 Å². The molecule has 0 aliphatic carbocycles. The molecule has 1 aromatic carbocycles. The Labute approximate surface area is 151 Å². The Bertz CT molecular complexity index is 974. The minimum Gasteiger partial charge on any atom is -0.302 e. The molecule has 2 unspecified atom stereocenters. The summed E-state index contributed by atoms with van der Waals surface area (Å²) in [7, 11) is 0. The Hall–Kier alpha value is -2.50. The quantitative estimate of drug-likeness (QED) is 0.558. The number of hydrogen-bond acceptors (Lipinski definition) is 4. The van der Waals surface area contributed by atoms with E-state index in [1.165, 1.54) is 15.6 Å². The highest BCUT2D eigenvalue weighted by molar-refractivity contribution is 7.17. The van der Waals surface area contributed by atoms with Gasteiger partial charge in [-0.25, -0.2) is 9.67 Å². The van der Waals surface area contributed by atoms with Crippen molar-refractivity contribution in [2.45, 2.75) is 25.9 Å². The van der Waals surface area contributed by atoms with Crippen LogP contribution >= 0.6 is 11.3 Å². The fourth-order valence-corrected chi connectivity index (χ4v) is 4.15. The molecule has 0 aliphatic heterocycles. The molecular weight excluding hydrogens is 328 g/mol. The lowest BCUT2D eigenvalue weighted by Gasteiger charge is -2.20. The third-order valence-corrected chi connectivity index (χ3v) is 5.40. The first-order valence-electron chi connectivity index (χ1n) is 8.41. The summed E-state index contributed by atoms with van der Waals surface area (Å²) >= 11 is 1.80. The lowest BCUT2D eigenvalue weighted by Crippen LogP contribution is -2.23. The minimum absolute atomic E-state index is 0.143. The monoisotopic (exact) mass is 348 g/mol. The zero-order valence-corrected chi connectivity index (χ0v) is 15.1. The van der Waals surface area contributed by atoms with Crippen LogP contribution in [0.5, 0.6) is 0 Å². The SMILES string of the molecule is CC(NC(C)c1csc2ccccc12)c1cccc(-n2cccn2)n1. The Morgan fingerprint density at radius 2 is 1.88 bits per heavy atom. The summed E-state index contributed by atoms with van der Waals surface area (Å²) in [6.45, 7) is 4.36. The topological polar surface area (TPSA) is 42.7 Å². The van der Waals surface area contributed by atoms with Crippen LogP contribution in [0.15, 0.2) is 66.3 Å². The van der Waals surface area contributed by atoms with E-state index in [0.29, 0.717) is 0 Å². The molecule has 3 aromatic heterocycles. The van der Waals surface area contributed by atoms with E-state index in [0.717, 1.165) is 11.5 Å². The van der Waals surface area contributed by atoms with Crippen LogP contribution in [0.4, 0.5) is 0 Å². The molecule has 0 saturated heterocycles. The van der Waals surface area contributed by atoms with Gasteiger partial charge < -0.3 is 5.32 Å². The third-order valence-electron chi connectivity index (χ3n) is 4.42. The van der Waals surface area contributed by atoms with Crippen molar-refractivity contribution < 1.29 is 0 Å². The zero-order chi connectivity index (χ0) is 17.2. The molecule has 5 heteroatoms. The van der Waals surface area contributed by atoms with Crippen molar-refractivity contribution in [2.24, 2.45) is 0 Å². The molecule has 0 saturated carbocycles. The second-order valence-corrected chi connectivity index (χ2v) is 7.08. The highest BCUT2D eigenvalue weighted by Crippen LogP contribution is 2.31. The Morgan fingerprint density at radius 3 is 2.72 bits per heavy atom. The Kier molecular flexibility index (Phi) is 4.34. The molecule has 4 nitrogen and oxygen atoms in total. The fourth-order valence-electron chi connectivity index (χ4n) is 3.10. The second-order valence-electron chi connectivity index (χ2n) is 6.17. The van der Waals surface area contributed by atoms with Crippen molar-refractivity contribution in [3.05, 3.63) is 77.6 Å². The van der Waals surface area contributed by atoms with E-state index in [1.54, 1.807) is 22.2 Å². The van der Waals surface area contributed by atoms with Gasteiger partial charge >= 0.3 is 0 Å². The van der Waals surface area contributed by atoms with Crippen LogP contribution in [-0.4, -0.2) is 14.8 Å². The standard InChI is InChI=1S/C20H20N4S/c1-14(17-13-25-19-9-4-3-7-16(17)19)22-15(2)18-8-5-10-20(23-18)24-12-6-11-21-24/h3-15,22H,1-2H3. The molecule has 0 spiro atoms. The molecule has 0 radical (unpaired) electrons. The number of fused-ring (bicyclic) bond motifs is 1. The van der Waals surface area contributed by atoms with Gasteiger partial charge in [0.25, 0.3) is 0 Å². The maximum atomic E-state index is 4.75. The average Bonchev–Trinajstić information content (AvgIpc) is 3.31. The van der Waals surface area contributed by atoms with Crippen LogP contribution in [0, 0.1) is 0 Å². The van der Waals surface area contributed by atoms with Crippen molar-refractivity contribution in [3.63, 3.8) is 0 Å². The molecule has 3 heterocycles. The maximum Gasteiger partial charge on any atom is 0.153 e. The van der Waals surface area contributed by atoms with Gasteiger partial charge in [-0.1, -0.05) is 24.3 Å². The molecule has 25 heavy (non-hydrogen) atoms. The molecule has 0 aliphatic rings. The first kappa shape index (κ1) is 16.0. The number of rotatable bonds is 5. The zero-order valence-electron chi connectivity index (χ0n) is 14.3. The number of nitrogens with zero attached hydrogens (tertiary/aromatic N) is 3. The number of hydrogen-bond donors (Lipinski definition) is 1. The number of thiophene rings is 1. The van der Waals surface area contributed by atoms with Gasteiger partial charge in [-0.2, -0.15) is 5.10 Å². The molecule has 2 atom stereocenters. The van der Waals surface area contributed by atoms with E-state index in [1.807, 2.05) is 24.4 Å². The molecular formula is C20H20N4S. The van der Waals surface area contributed by atoms with Crippen molar-refractivity contribution in [2.75, 3.05) is 0 Å². The van der Waals surface area contributed by atoms with Crippen molar-refractivity contribution in [3.8, 4) is 5.82 Å². The molecule has 4 rings (SSSR count). The maximum absolute atomic E-state index is 4.75. The average molecular weight is 348 g/mol. The van der Waals surface area contributed by atoms with Crippen LogP contribution in [-0.2, 0) is 0 Å². The number of nitrogens with one attached hydrogen (secondary N) is 1. The first-order chi connectivity index (χ1) is 12.2. The summed E-state index contributed by atoms with van der Waals surface area (Å²) in [6, 6.07) is 16.9. The van der Waals surface area contributed by atoms with Crippen molar-refractivity contribution in [1.29, 1.82) is 0 Å². The summed E-state index contributed by atoms with van der Waals surface area (Å²) in [5.74, 6) is 0.838. The van der Waals surface area contributed by atoms with E-state index in [9.17, 15) is 0 Å². The molecule has 0 amide bonds. The smallest absolute Gasteiger partial charge is 0.153 e. The highest BCUT2D eigenvalue weighted by atomic mass is 32.1. The fraction of sp³-hybridized carbons (Fsp3) is 0.200. The van der Waals surface area contributed by atoms with Gasteiger partial charge in [0.05, 0.1) is 5.69 Å². The van der Waals surface area contributed by atoms with Gasteiger partial charge in [0, 0.05) is 29.2 Å². The van der Waals surface area contributed by atoms with Crippen LogP contribution in [0.1, 0.15) is 37.2 Å². The van der Waals surface area contributed by atoms with Gasteiger partial charge in [0.15, 0.2) is 5.82 Å². The number of pyridine rings is 1. The second kappa shape index (κ2) is 6.78. The van der Waals surface area contributed by atoms with E-state index in [4.69, 9.17) is 4.98 Å². The van der Waals surface area contributed by atoms with E-state index < -0.39 is 0 Å². The van der Waals surface area contributed by atoms with Gasteiger partial charge in [-0.05, 0) is 54.4 Å². The van der Waals surface area contributed by atoms with Gasteiger partial charge in [-0.3, -0.25) is 0 Å². The van der Waals surface area contributed by atoms with Crippen molar-refractivity contribution >= 4 is 21.4 Å². The van der Waals surface area contributed by atoms with Crippen molar-refractivity contribution in [1.82, 2.24) is 20.1 Å². The summed E-state index contributed by atoms with van der Waals surface area (Å²) in [6.07, 6.45) is 3.67. The molecule has 4 aromatic rings. The number of aromatic nitrogens is 3. The van der Waals surface area contributed by atoms with Gasteiger partial charge in [0.1, 0.15) is 0 Å². The van der Waals surface area contributed by atoms with Gasteiger partial charge in [0.2, 0.25) is 0 Å². The van der Waals surface area contributed by atoms with Crippen LogP contribution < -0.4 is 5.32 Å². The first-order valence-corrected chi connectivity index (χ1v) is 9.29.